The Hall–Kier alpha value is -2.14. The molecule has 3 nitrogen and oxygen atoms in total. The van der Waals surface area contributed by atoms with E-state index in [1.165, 1.54) is 6.07 Å². The standard InChI is InChI=1S/C20H21ClF2N2O/c1-2-8-24-13-18(11-20(24)26)25(17-5-3-4-15(21)10-17)12-14-9-16(22)6-7-19(14)23/h3-7,9-10,18H,2,8,11-13H2,1H3/t18-/m0/s1. The third kappa shape index (κ3) is 4.15. The molecule has 1 aliphatic rings. The van der Waals surface area contributed by atoms with E-state index in [4.69, 9.17) is 11.6 Å². The second-order valence-corrected chi connectivity index (χ2v) is 6.98. The minimum absolute atomic E-state index is 0.0867. The van der Waals surface area contributed by atoms with Crippen LogP contribution >= 0.6 is 11.6 Å². The minimum atomic E-state index is -0.484. The largest absolute Gasteiger partial charge is 0.362 e. The molecule has 1 atom stereocenters. The van der Waals surface area contributed by atoms with Crippen molar-refractivity contribution in [3.8, 4) is 0 Å². The van der Waals surface area contributed by atoms with E-state index in [9.17, 15) is 13.6 Å². The highest BCUT2D eigenvalue weighted by Gasteiger charge is 2.33. The van der Waals surface area contributed by atoms with Crippen LogP contribution in [0.15, 0.2) is 42.5 Å². The molecule has 0 saturated carbocycles. The molecule has 1 saturated heterocycles. The molecule has 2 aromatic carbocycles. The van der Waals surface area contributed by atoms with Crippen molar-refractivity contribution in [2.24, 2.45) is 0 Å². The fraction of sp³-hybridized carbons (Fsp3) is 0.350. The SMILES string of the molecule is CCCN1C[C@@H](N(Cc2cc(F)ccc2F)c2cccc(Cl)c2)CC1=O. The van der Waals surface area contributed by atoms with Gasteiger partial charge in [0.05, 0.1) is 6.04 Å². The van der Waals surface area contributed by atoms with E-state index < -0.39 is 11.6 Å². The Kier molecular flexibility index (Phi) is 5.77. The molecule has 0 N–H and O–H groups in total. The summed E-state index contributed by atoms with van der Waals surface area (Å²) in [5.41, 5.74) is 1.05. The minimum Gasteiger partial charge on any atom is -0.362 e. The van der Waals surface area contributed by atoms with Gasteiger partial charge >= 0.3 is 0 Å². The third-order valence-corrected chi connectivity index (χ3v) is 4.85. The monoisotopic (exact) mass is 378 g/mol. The van der Waals surface area contributed by atoms with Crippen LogP contribution in [-0.4, -0.2) is 29.9 Å². The second-order valence-electron chi connectivity index (χ2n) is 6.54. The van der Waals surface area contributed by atoms with Gasteiger partial charge in [-0.15, -0.1) is 0 Å². The first-order chi connectivity index (χ1) is 12.5. The van der Waals surface area contributed by atoms with Gasteiger partial charge in [0.15, 0.2) is 0 Å². The summed E-state index contributed by atoms with van der Waals surface area (Å²) in [4.78, 5) is 16.1. The van der Waals surface area contributed by atoms with Gasteiger partial charge in [0.2, 0.25) is 5.91 Å². The van der Waals surface area contributed by atoms with Gasteiger partial charge in [-0.1, -0.05) is 24.6 Å². The Balaban J connectivity index is 1.92. The third-order valence-electron chi connectivity index (χ3n) is 4.62. The summed E-state index contributed by atoms with van der Waals surface area (Å²) in [5, 5.41) is 0.557. The van der Waals surface area contributed by atoms with E-state index in [1.807, 2.05) is 28.9 Å². The summed E-state index contributed by atoms with van der Waals surface area (Å²) in [6, 6.07) is 10.5. The van der Waals surface area contributed by atoms with Crippen LogP contribution in [0.25, 0.3) is 0 Å². The molecular formula is C20H21ClF2N2O. The van der Waals surface area contributed by atoms with E-state index in [-0.39, 0.29) is 24.1 Å². The Morgan fingerprint density at radius 3 is 2.77 bits per heavy atom. The maximum atomic E-state index is 14.2. The average molecular weight is 379 g/mol. The van der Waals surface area contributed by atoms with Gasteiger partial charge in [-0.05, 0) is 42.8 Å². The smallest absolute Gasteiger partial charge is 0.224 e. The molecule has 0 radical (unpaired) electrons. The fourth-order valence-corrected chi connectivity index (χ4v) is 3.56. The molecule has 1 fully saturated rings. The lowest BCUT2D eigenvalue weighted by atomic mass is 10.1. The number of halogens is 3. The van der Waals surface area contributed by atoms with Crippen LogP contribution in [0.1, 0.15) is 25.3 Å². The maximum absolute atomic E-state index is 14.2. The molecule has 26 heavy (non-hydrogen) atoms. The van der Waals surface area contributed by atoms with Crippen molar-refractivity contribution in [2.45, 2.75) is 32.4 Å². The van der Waals surface area contributed by atoms with Crippen molar-refractivity contribution in [3.63, 3.8) is 0 Å². The molecule has 138 valence electrons. The number of rotatable bonds is 6. The number of carbonyl (C=O) groups is 1. The highest BCUT2D eigenvalue weighted by molar-refractivity contribution is 6.30. The van der Waals surface area contributed by atoms with Crippen molar-refractivity contribution in [1.29, 1.82) is 0 Å². The van der Waals surface area contributed by atoms with Crippen LogP contribution < -0.4 is 4.90 Å². The number of carbonyl (C=O) groups excluding carboxylic acids is 1. The first-order valence-electron chi connectivity index (χ1n) is 8.72. The van der Waals surface area contributed by atoms with E-state index in [0.717, 1.165) is 24.2 Å². The summed E-state index contributed by atoms with van der Waals surface area (Å²) in [7, 11) is 0. The molecule has 1 amide bonds. The van der Waals surface area contributed by atoms with E-state index in [1.54, 1.807) is 12.1 Å². The number of hydrogen-bond acceptors (Lipinski definition) is 2. The number of nitrogens with zero attached hydrogens (tertiary/aromatic N) is 2. The Morgan fingerprint density at radius 2 is 2.04 bits per heavy atom. The zero-order valence-electron chi connectivity index (χ0n) is 14.6. The summed E-state index contributed by atoms with van der Waals surface area (Å²) in [6.07, 6.45) is 1.23. The quantitative estimate of drug-likeness (QED) is 0.731. The fourth-order valence-electron chi connectivity index (χ4n) is 3.38. The zero-order valence-corrected chi connectivity index (χ0v) is 15.3. The van der Waals surface area contributed by atoms with E-state index >= 15 is 0 Å². The summed E-state index contributed by atoms with van der Waals surface area (Å²) in [6.45, 7) is 3.46. The van der Waals surface area contributed by atoms with Crippen LogP contribution in [-0.2, 0) is 11.3 Å². The molecular weight excluding hydrogens is 358 g/mol. The number of benzene rings is 2. The number of amides is 1. The van der Waals surface area contributed by atoms with Crippen molar-refractivity contribution in [2.75, 3.05) is 18.0 Å². The predicted molar refractivity (Wildman–Crippen MR) is 99.3 cm³/mol. The highest BCUT2D eigenvalue weighted by Crippen LogP contribution is 2.28. The normalized spacial score (nSPS) is 17.0. The molecule has 3 rings (SSSR count). The molecule has 0 aliphatic carbocycles. The lowest BCUT2D eigenvalue weighted by Gasteiger charge is -2.31. The molecule has 6 heteroatoms. The van der Waals surface area contributed by atoms with Gasteiger partial charge < -0.3 is 9.80 Å². The molecule has 1 heterocycles. The lowest BCUT2D eigenvalue weighted by Crippen LogP contribution is -2.37. The first-order valence-corrected chi connectivity index (χ1v) is 9.09. The molecule has 1 aliphatic heterocycles. The van der Waals surface area contributed by atoms with Crippen LogP contribution in [0.4, 0.5) is 14.5 Å². The van der Waals surface area contributed by atoms with Gasteiger partial charge in [0.1, 0.15) is 11.6 Å². The summed E-state index contributed by atoms with van der Waals surface area (Å²) < 4.78 is 27.8. The van der Waals surface area contributed by atoms with Gasteiger partial charge in [0, 0.05) is 42.3 Å². The van der Waals surface area contributed by atoms with Crippen molar-refractivity contribution in [1.82, 2.24) is 4.90 Å². The summed E-state index contributed by atoms with van der Waals surface area (Å²) >= 11 is 6.12. The number of anilines is 1. The van der Waals surface area contributed by atoms with Gasteiger partial charge in [0.25, 0.3) is 0 Å². The van der Waals surface area contributed by atoms with Gasteiger partial charge in [-0.3, -0.25) is 4.79 Å². The molecule has 0 aromatic heterocycles. The van der Waals surface area contributed by atoms with Crippen LogP contribution in [0.5, 0.6) is 0 Å². The van der Waals surface area contributed by atoms with Crippen LogP contribution in [0.3, 0.4) is 0 Å². The van der Waals surface area contributed by atoms with Gasteiger partial charge in [-0.25, -0.2) is 8.78 Å². The first kappa shape index (κ1) is 18.6. The Labute approximate surface area is 157 Å². The molecule has 2 aromatic rings. The highest BCUT2D eigenvalue weighted by atomic mass is 35.5. The van der Waals surface area contributed by atoms with Crippen LogP contribution in [0, 0.1) is 11.6 Å². The van der Waals surface area contributed by atoms with Crippen molar-refractivity contribution < 1.29 is 13.6 Å². The van der Waals surface area contributed by atoms with Crippen molar-refractivity contribution in [3.05, 3.63) is 64.7 Å². The molecule has 0 spiro atoms. The van der Waals surface area contributed by atoms with Crippen molar-refractivity contribution >= 4 is 23.2 Å². The zero-order chi connectivity index (χ0) is 18.7. The number of likely N-dealkylation sites (tertiary alicyclic amines) is 1. The van der Waals surface area contributed by atoms with E-state index in [2.05, 4.69) is 0 Å². The second kappa shape index (κ2) is 8.04. The average Bonchev–Trinajstić information content (AvgIpc) is 2.96. The summed E-state index contributed by atoms with van der Waals surface area (Å²) in [5.74, 6) is -0.862. The van der Waals surface area contributed by atoms with E-state index in [0.29, 0.717) is 24.5 Å². The Morgan fingerprint density at radius 1 is 1.23 bits per heavy atom. The maximum Gasteiger partial charge on any atom is 0.224 e. The Bertz CT molecular complexity index is 799. The predicted octanol–water partition coefficient (Wildman–Crippen LogP) is 4.64. The van der Waals surface area contributed by atoms with Gasteiger partial charge in [-0.2, -0.15) is 0 Å². The molecule has 0 unspecified atom stereocenters. The van der Waals surface area contributed by atoms with Crippen LogP contribution in [0.2, 0.25) is 5.02 Å². The number of hydrogen-bond donors (Lipinski definition) is 0. The lowest BCUT2D eigenvalue weighted by molar-refractivity contribution is -0.127. The topological polar surface area (TPSA) is 23.6 Å². The molecule has 0 bridgehead atoms.